The predicted molar refractivity (Wildman–Crippen MR) is 140 cm³/mol. The average molecular weight is 513 g/mol. The Bertz CT molecular complexity index is 1260. The van der Waals surface area contributed by atoms with E-state index in [1.807, 2.05) is 56.3 Å². The SMILES string of the molecule is CCOc1cc(/C=C2/SC(=Nc3ccc(C)cc3)NC2=O)cc(Cl)c1OCc1ccc(Cl)cc1. The first-order valence-corrected chi connectivity index (χ1v) is 12.2. The summed E-state index contributed by atoms with van der Waals surface area (Å²) in [5.41, 5.74) is 3.60. The molecular weight excluding hydrogens is 491 g/mol. The molecule has 3 aromatic carbocycles. The van der Waals surface area contributed by atoms with Gasteiger partial charge in [-0.15, -0.1) is 0 Å². The van der Waals surface area contributed by atoms with Crippen molar-refractivity contribution in [1.82, 2.24) is 5.32 Å². The van der Waals surface area contributed by atoms with Crippen molar-refractivity contribution in [3.8, 4) is 11.5 Å². The van der Waals surface area contributed by atoms with E-state index < -0.39 is 0 Å². The zero-order valence-corrected chi connectivity index (χ0v) is 20.9. The third kappa shape index (κ3) is 6.14. The summed E-state index contributed by atoms with van der Waals surface area (Å²) in [5, 5.41) is 4.38. The first kappa shape index (κ1) is 24.2. The average Bonchev–Trinajstić information content (AvgIpc) is 3.14. The summed E-state index contributed by atoms with van der Waals surface area (Å²) >= 11 is 13.8. The van der Waals surface area contributed by atoms with Crippen LogP contribution in [0.1, 0.15) is 23.6 Å². The van der Waals surface area contributed by atoms with Gasteiger partial charge in [0.1, 0.15) is 6.61 Å². The first-order chi connectivity index (χ1) is 16.4. The zero-order chi connectivity index (χ0) is 24.1. The zero-order valence-electron chi connectivity index (χ0n) is 18.6. The van der Waals surface area contributed by atoms with Crippen molar-refractivity contribution in [2.24, 2.45) is 4.99 Å². The highest BCUT2D eigenvalue weighted by atomic mass is 35.5. The molecule has 1 amide bonds. The highest BCUT2D eigenvalue weighted by molar-refractivity contribution is 8.18. The molecule has 0 atom stereocenters. The molecule has 174 valence electrons. The van der Waals surface area contributed by atoms with E-state index in [1.54, 1.807) is 24.3 Å². The van der Waals surface area contributed by atoms with Gasteiger partial charge in [0.2, 0.25) is 0 Å². The fraction of sp³-hybridized carbons (Fsp3) is 0.154. The number of carbonyl (C=O) groups excluding carboxylic acids is 1. The molecule has 1 fully saturated rings. The summed E-state index contributed by atoms with van der Waals surface area (Å²) in [7, 11) is 0. The van der Waals surface area contributed by atoms with Gasteiger partial charge in [0.25, 0.3) is 5.91 Å². The third-order valence-corrected chi connectivity index (χ3v) is 6.28. The van der Waals surface area contributed by atoms with E-state index >= 15 is 0 Å². The maximum absolute atomic E-state index is 12.5. The molecule has 0 spiro atoms. The Morgan fingerprint density at radius 3 is 2.47 bits per heavy atom. The van der Waals surface area contributed by atoms with E-state index in [4.69, 9.17) is 32.7 Å². The lowest BCUT2D eigenvalue weighted by molar-refractivity contribution is -0.115. The molecule has 0 radical (unpaired) electrons. The maximum atomic E-state index is 12.5. The molecular formula is C26H22Cl2N2O3S. The van der Waals surface area contributed by atoms with Gasteiger partial charge in [0, 0.05) is 5.02 Å². The van der Waals surface area contributed by atoms with E-state index in [2.05, 4.69) is 10.3 Å². The van der Waals surface area contributed by atoms with Gasteiger partial charge in [0.15, 0.2) is 16.7 Å². The lowest BCUT2D eigenvalue weighted by Crippen LogP contribution is -2.19. The molecule has 1 heterocycles. The number of benzene rings is 3. The molecule has 5 nitrogen and oxygen atoms in total. The van der Waals surface area contributed by atoms with Crippen LogP contribution in [0.3, 0.4) is 0 Å². The molecule has 4 rings (SSSR count). The number of carbonyl (C=O) groups is 1. The summed E-state index contributed by atoms with van der Waals surface area (Å²) in [4.78, 5) is 17.5. The molecule has 1 aliphatic rings. The highest BCUT2D eigenvalue weighted by Crippen LogP contribution is 2.39. The third-order valence-electron chi connectivity index (χ3n) is 4.84. The Balaban J connectivity index is 1.54. The van der Waals surface area contributed by atoms with Crippen molar-refractivity contribution >= 4 is 57.8 Å². The van der Waals surface area contributed by atoms with Gasteiger partial charge in [-0.05, 0) is 79.2 Å². The number of nitrogens with zero attached hydrogens (tertiary/aromatic N) is 1. The van der Waals surface area contributed by atoms with Gasteiger partial charge in [-0.25, -0.2) is 4.99 Å². The van der Waals surface area contributed by atoms with E-state index in [0.717, 1.165) is 22.4 Å². The second kappa shape index (κ2) is 11.0. The van der Waals surface area contributed by atoms with Crippen molar-refractivity contribution in [3.63, 3.8) is 0 Å². The van der Waals surface area contributed by atoms with Crippen LogP contribution in [0.15, 0.2) is 70.6 Å². The van der Waals surface area contributed by atoms with E-state index in [-0.39, 0.29) is 5.91 Å². The molecule has 34 heavy (non-hydrogen) atoms. The number of aryl methyl sites for hydroxylation is 1. The topological polar surface area (TPSA) is 59.9 Å². The standard InChI is InChI=1S/C26H22Cl2N2O3S/c1-3-32-22-13-18(12-21(28)24(22)33-15-17-6-8-19(27)9-7-17)14-23-25(31)30-26(34-23)29-20-10-4-16(2)5-11-20/h4-14H,3,15H2,1-2H3,(H,29,30,31)/b23-14+. The van der Waals surface area contributed by atoms with Crippen molar-refractivity contribution in [2.45, 2.75) is 20.5 Å². The number of hydrogen-bond donors (Lipinski definition) is 1. The molecule has 1 aliphatic heterocycles. The molecule has 3 aromatic rings. The largest absolute Gasteiger partial charge is 0.490 e. The van der Waals surface area contributed by atoms with Crippen molar-refractivity contribution in [2.75, 3.05) is 6.61 Å². The van der Waals surface area contributed by atoms with Crippen LogP contribution in [-0.4, -0.2) is 17.7 Å². The van der Waals surface area contributed by atoms with E-state index in [0.29, 0.717) is 44.8 Å². The summed E-state index contributed by atoms with van der Waals surface area (Å²) in [6.45, 7) is 4.65. The quantitative estimate of drug-likeness (QED) is 0.340. The molecule has 0 aliphatic carbocycles. The van der Waals surface area contributed by atoms with Gasteiger partial charge in [-0.1, -0.05) is 53.0 Å². The van der Waals surface area contributed by atoms with Crippen LogP contribution >= 0.6 is 35.0 Å². The maximum Gasteiger partial charge on any atom is 0.264 e. The predicted octanol–water partition coefficient (Wildman–Crippen LogP) is 7.17. The first-order valence-electron chi connectivity index (χ1n) is 10.6. The van der Waals surface area contributed by atoms with Crippen LogP contribution in [-0.2, 0) is 11.4 Å². The Kier molecular flexibility index (Phi) is 7.83. The minimum absolute atomic E-state index is 0.215. The normalized spacial score (nSPS) is 15.6. The minimum atomic E-state index is -0.215. The van der Waals surface area contributed by atoms with Crippen LogP contribution in [0.2, 0.25) is 10.0 Å². The van der Waals surface area contributed by atoms with Crippen LogP contribution in [0, 0.1) is 6.92 Å². The Morgan fingerprint density at radius 2 is 1.76 bits per heavy atom. The van der Waals surface area contributed by atoms with Gasteiger partial charge in [0.05, 0.1) is 22.2 Å². The van der Waals surface area contributed by atoms with Gasteiger partial charge in [-0.3, -0.25) is 4.79 Å². The molecule has 8 heteroatoms. The Hall–Kier alpha value is -2.93. The van der Waals surface area contributed by atoms with Crippen LogP contribution in [0.4, 0.5) is 5.69 Å². The fourth-order valence-electron chi connectivity index (χ4n) is 3.18. The lowest BCUT2D eigenvalue weighted by atomic mass is 10.1. The number of hydrogen-bond acceptors (Lipinski definition) is 5. The molecule has 1 saturated heterocycles. The number of amidine groups is 1. The number of aliphatic imine (C=N–C) groups is 1. The van der Waals surface area contributed by atoms with Gasteiger partial charge < -0.3 is 14.8 Å². The Morgan fingerprint density at radius 1 is 1.03 bits per heavy atom. The summed E-state index contributed by atoms with van der Waals surface area (Å²) in [6, 6.07) is 18.7. The number of nitrogens with one attached hydrogen (secondary N) is 1. The smallest absolute Gasteiger partial charge is 0.264 e. The number of ether oxygens (including phenoxy) is 2. The van der Waals surface area contributed by atoms with E-state index in [1.165, 1.54) is 11.8 Å². The highest BCUT2D eigenvalue weighted by Gasteiger charge is 2.24. The van der Waals surface area contributed by atoms with Crippen molar-refractivity contribution in [1.29, 1.82) is 0 Å². The molecule has 1 N–H and O–H groups in total. The van der Waals surface area contributed by atoms with Gasteiger partial charge in [-0.2, -0.15) is 0 Å². The number of rotatable bonds is 7. The van der Waals surface area contributed by atoms with E-state index in [9.17, 15) is 4.79 Å². The van der Waals surface area contributed by atoms with Crippen LogP contribution in [0.5, 0.6) is 11.5 Å². The summed E-state index contributed by atoms with van der Waals surface area (Å²) < 4.78 is 11.7. The molecule has 0 bridgehead atoms. The minimum Gasteiger partial charge on any atom is -0.490 e. The number of halogens is 2. The number of thioether (sulfide) groups is 1. The Labute approximate surface area is 212 Å². The molecule has 0 saturated carbocycles. The lowest BCUT2D eigenvalue weighted by Gasteiger charge is -2.15. The second-order valence-electron chi connectivity index (χ2n) is 7.50. The van der Waals surface area contributed by atoms with Gasteiger partial charge >= 0.3 is 0 Å². The number of amides is 1. The second-order valence-corrected chi connectivity index (χ2v) is 9.37. The molecule has 0 unspecified atom stereocenters. The summed E-state index contributed by atoms with van der Waals surface area (Å²) in [5.74, 6) is 0.742. The van der Waals surface area contributed by atoms with Crippen LogP contribution < -0.4 is 14.8 Å². The fourth-order valence-corrected chi connectivity index (χ4v) is 4.42. The summed E-state index contributed by atoms with van der Waals surface area (Å²) in [6.07, 6.45) is 1.76. The monoisotopic (exact) mass is 512 g/mol. The van der Waals surface area contributed by atoms with Crippen molar-refractivity contribution < 1.29 is 14.3 Å². The van der Waals surface area contributed by atoms with Crippen LogP contribution in [0.25, 0.3) is 6.08 Å². The molecule has 0 aromatic heterocycles. The van der Waals surface area contributed by atoms with Crippen molar-refractivity contribution in [3.05, 3.63) is 92.3 Å².